The van der Waals surface area contributed by atoms with Crippen LogP contribution in [0.1, 0.15) is 62.5 Å². The summed E-state index contributed by atoms with van der Waals surface area (Å²) in [6, 6.07) is 10.7. The number of carboxylic acids is 3. The van der Waals surface area contributed by atoms with Crippen molar-refractivity contribution in [2.75, 3.05) is 90.4 Å². The van der Waals surface area contributed by atoms with Crippen molar-refractivity contribution in [1.82, 2.24) is 40.4 Å². The number of halogens is 1. The van der Waals surface area contributed by atoms with Gasteiger partial charge in [0.25, 0.3) is 0 Å². The van der Waals surface area contributed by atoms with E-state index in [1.165, 1.54) is 0 Å². The maximum absolute atomic E-state index is 13.6. The lowest BCUT2D eigenvalue weighted by molar-refractivity contribution is -0.141. The van der Waals surface area contributed by atoms with Crippen molar-refractivity contribution in [2.45, 2.75) is 82.5 Å². The second kappa shape index (κ2) is 33.4. The Balaban J connectivity index is 1.58. The van der Waals surface area contributed by atoms with E-state index in [1.54, 1.807) is 4.90 Å². The molecular weight excluding hydrogens is 1060 g/mol. The fourth-order valence-electron chi connectivity index (χ4n) is 8.30. The van der Waals surface area contributed by atoms with E-state index in [0.717, 1.165) is 15.6 Å². The summed E-state index contributed by atoms with van der Waals surface area (Å²) in [6.45, 7) is 3.35. The number of urea groups is 1. The zero-order valence-electron chi connectivity index (χ0n) is 42.0. The lowest BCUT2D eigenvalue weighted by atomic mass is 10.0. The summed E-state index contributed by atoms with van der Waals surface area (Å²) in [4.78, 5) is 118. The number of nitrogens with two attached hydrogens (primary N) is 4. The number of hydrogen-bond acceptors (Lipinski definition) is 14. The minimum absolute atomic E-state index is 0.0154. The molecule has 2 aromatic carbocycles. The largest absolute Gasteiger partial charge is 0.481 e. The van der Waals surface area contributed by atoms with Crippen LogP contribution in [0.15, 0.2) is 53.0 Å². The van der Waals surface area contributed by atoms with Gasteiger partial charge in [0, 0.05) is 94.5 Å². The van der Waals surface area contributed by atoms with E-state index in [0.29, 0.717) is 108 Å². The Morgan fingerprint density at radius 1 is 0.640 bits per heavy atom. The Labute approximate surface area is 449 Å². The Bertz CT molecular complexity index is 2250. The lowest BCUT2D eigenvalue weighted by Gasteiger charge is -2.38. The third-order valence-electron chi connectivity index (χ3n) is 12.1. The number of rotatable bonds is 30. The molecule has 25 nitrogen and oxygen atoms in total. The summed E-state index contributed by atoms with van der Waals surface area (Å²) < 4.78 is 0.868. The molecule has 27 heteroatoms. The van der Waals surface area contributed by atoms with E-state index < -0.39 is 66.1 Å². The number of hydrogen-bond donors (Lipinski definition) is 11. The topological polar surface area (TPSA) is 383 Å². The van der Waals surface area contributed by atoms with Crippen molar-refractivity contribution >= 4 is 92.4 Å². The van der Waals surface area contributed by atoms with Gasteiger partial charge in [0.1, 0.15) is 12.1 Å². The molecule has 75 heavy (non-hydrogen) atoms. The van der Waals surface area contributed by atoms with Gasteiger partial charge in [-0.15, -0.1) is 0 Å². The molecule has 0 aromatic heterocycles. The van der Waals surface area contributed by atoms with Gasteiger partial charge in [-0.25, -0.2) is 14.4 Å². The minimum atomic E-state index is -1.53. The number of carboxylic acid groups (broad SMARTS) is 3. The van der Waals surface area contributed by atoms with Crippen LogP contribution in [-0.2, 0) is 51.3 Å². The van der Waals surface area contributed by atoms with Crippen LogP contribution in [0.5, 0.6) is 0 Å². The fourth-order valence-corrected chi connectivity index (χ4v) is 8.78. The first-order chi connectivity index (χ1) is 35.6. The molecule has 0 bridgehead atoms. The van der Waals surface area contributed by atoms with E-state index in [1.807, 2.05) is 68.1 Å². The molecule has 1 aliphatic heterocycles. The van der Waals surface area contributed by atoms with Crippen LogP contribution < -0.4 is 44.2 Å². The van der Waals surface area contributed by atoms with Crippen LogP contribution in [0.3, 0.4) is 0 Å². The van der Waals surface area contributed by atoms with Gasteiger partial charge in [-0.3, -0.25) is 48.4 Å². The maximum Gasteiger partial charge on any atom is 0.326 e. The van der Waals surface area contributed by atoms with Crippen LogP contribution in [0.2, 0.25) is 0 Å². The Hall–Kier alpha value is -6.52. The van der Waals surface area contributed by atoms with Crippen molar-refractivity contribution in [3.8, 4) is 0 Å². The lowest BCUT2D eigenvalue weighted by Crippen LogP contribution is -2.54. The zero-order valence-corrected chi connectivity index (χ0v) is 44.4. The highest BCUT2D eigenvalue weighted by Crippen LogP contribution is 2.18. The number of aliphatic carboxylic acids is 3. The van der Waals surface area contributed by atoms with Crippen LogP contribution in [-0.4, -0.2) is 202 Å². The Morgan fingerprint density at radius 2 is 1.16 bits per heavy atom. The van der Waals surface area contributed by atoms with Crippen molar-refractivity contribution in [1.29, 1.82) is 0 Å². The van der Waals surface area contributed by atoms with E-state index in [4.69, 9.17) is 40.3 Å². The molecule has 2 aromatic rings. The first-order valence-electron chi connectivity index (χ1n) is 24.5. The quantitative estimate of drug-likeness (QED) is 0.0339. The number of anilines is 1. The molecule has 1 aliphatic rings. The van der Waals surface area contributed by atoms with Gasteiger partial charge >= 0.3 is 23.9 Å². The van der Waals surface area contributed by atoms with Gasteiger partial charge in [0.15, 0.2) is 5.11 Å². The number of nitrogens with one attached hydrogen (secondary N) is 4. The molecular formula is C48H72BrN13O12S. The maximum atomic E-state index is 13.6. The molecule has 1 heterocycles. The van der Waals surface area contributed by atoms with Gasteiger partial charge in [-0.2, -0.15) is 0 Å². The first-order valence-corrected chi connectivity index (χ1v) is 25.7. The molecule has 1 saturated heterocycles. The van der Waals surface area contributed by atoms with Gasteiger partial charge in [-0.05, 0) is 92.6 Å². The fraction of sp³-hybridized carbons (Fsp3) is 0.542. The number of nitrogens with zero attached hydrogens (tertiary/aromatic N) is 5. The average Bonchev–Trinajstić information content (AvgIpc) is 3.32. The van der Waals surface area contributed by atoms with Gasteiger partial charge in [-0.1, -0.05) is 40.2 Å². The third-order valence-corrected chi connectivity index (χ3v) is 12.9. The molecule has 15 N–H and O–H groups in total. The second-order valence-electron chi connectivity index (χ2n) is 18.3. The van der Waals surface area contributed by atoms with Gasteiger partial charge < -0.3 is 64.4 Å². The molecule has 1 unspecified atom stereocenters. The highest BCUT2D eigenvalue weighted by molar-refractivity contribution is 9.10. The number of carbonyl (C=O) groups excluding carboxylic acids is 6. The molecule has 3 atom stereocenters. The number of unbranched alkanes of at least 4 members (excludes halogenated alkanes) is 2. The highest BCUT2D eigenvalue weighted by Gasteiger charge is 2.28. The van der Waals surface area contributed by atoms with Crippen LogP contribution in [0, 0.1) is 0 Å². The number of amides is 7. The number of benzene rings is 2. The molecule has 1 fully saturated rings. The summed E-state index contributed by atoms with van der Waals surface area (Å²) >= 11 is 8.99. The van der Waals surface area contributed by atoms with E-state index in [9.17, 15) is 53.4 Å². The first kappa shape index (κ1) is 62.8. The Morgan fingerprint density at radius 3 is 1.71 bits per heavy atom. The Kier molecular flexibility index (Phi) is 28.0. The molecule has 3 rings (SSSR count). The molecule has 7 amide bonds. The average molecular weight is 1140 g/mol. The van der Waals surface area contributed by atoms with Crippen LogP contribution in [0.4, 0.5) is 10.5 Å². The smallest absolute Gasteiger partial charge is 0.326 e. The van der Waals surface area contributed by atoms with Gasteiger partial charge in [0.05, 0.1) is 26.2 Å². The summed E-state index contributed by atoms with van der Waals surface area (Å²) in [5, 5.41) is 39.0. The SMILES string of the molecule is NC(=O)CN1CCN(CC(N)=O)CCN(CC(N)=O)C(Cc2ccc(NC(=S)NCCCCC(=O)N(CCCC[C@@H](NC(=O)N[C@H](CCC(=O)O)C(=O)O)C(=O)O)Cc3ccc(Br)cc3)cc2)CN(CC(N)=O)CC1. The number of carbonyl (C=O) groups is 9. The molecule has 0 spiro atoms. The predicted molar refractivity (Wildman–Crippen MR) is 284 cm³/mol. The monoisotopic (exact) mass is 1130 g/mol. The summed E-state index contributed by atoms with van der Waals surface area (Å²) in [5.41, 5.74) is 25.0. The normalized spacial score (nSPS) is 15.9. The van der Waals surface area contributed by atoms with Crippen LogP contribution in [0.25, 0.3) is 0 Å². The number of thiocarbonyl (C=S) groups is 1. The predicted octanol–water partition coefficient (Wildman–Crippen LogP) is -0.751. The van der Waals surface area contributed by atoms with Crippen molar-refractivity contribution < 1.29 is 58.5 Å². The summed E-state index contributed by atoms with van der Waals surface area (Å²) in [6.07, 6.45) is 1.58. The molecule has 0 saturated carbocycles. The van der Waals surface area contributed by atoms with Crippen molar-refractivity contribution in [3.63, 3.8) is 0 Å². The van der Waals surface area contributed by atoms with E-state index in [-0.39, 0.29) is 57.4 Å². The van der Waals surface area contributed by atoms with Crippen LogP contribution >= 0.6 is 28.1 Å². The molecule has 414 valence electrons. The third kappa shape index (κ3) is 26.5. The van der Waals surface area contributed by atoms with E-state index >= 15 is 0 Å². The summed E-state index contributed by atoms with van der Waals surface area (Å²) in [5.74, 6) is -6.32. The number of primary amides is 4. The highest BCUT2D eigenvalue weighted by atomic mass is 79.9. The minimum Gasteiger partial charge on any atom is -0.481 e. The standard InChI is InChI=1S/C48H72BrN13O12S/c49-34-11-7-33(8-12-34)26-62(18-4-2-5-37(45(70)71)56-47(74)57-38(46(72)73)15-16-44(68)69)43(67)6-1-3-17-54-48(75)55-35-13-9-32(10-14-35)25-36-27-60(30-41(52)65)22-21-58(28-39(50)63)19-20-59(29-40(51)64)23-24-61(36)31-42(53)66/h7-14,36-38H,1-6,15-31H2,(H2,50,63)(H2,51,64)(H2,52,65)(H2,53,66)(H,68,69)(H,70,71)(H,72,73)(H2,54,55,75)(H2,56,57,74)/t36?,37-,38-/m1/s1. The second-order valence-corrected chi connectivity index (χ2v) is 19.6. The molecule has 0 radical (unpaired) electrons. The van der Waals surface area contributed by atoms with E-state index in [2.05, 4.69) is 37.2 Å². The van der Waals surface area contributed by atoms with Crippen molar-refractivity contribution in [2.24, 2.45) is 22.9 Å². The zero-order chi connectivity index (χ0) is 55.5. The summed E-state index contributed by atoms with van der Waals surface area (Å²) in [7, 11) is 0. The van der Waals surface area contributed by atoms with Gasteiger partial charge in [0.2, 0.25) is 29.5 Å². The van der Waals surface area contributed by atoms with Crippen molar-refractivity contribution in [3.05, 3.63) is 64.1 Å². The molecule has 0 aliphatic carbocycles.